The zero-order valence-corrected chi connectivity index (χ0v) is 10.7. The Labute approximate surface area is 109 Å². The molecule has 0 fully saturated rings. The Bertz CT molecular complexity index is 744. The molecule has 0 saturated carbocycles. The summed E-state index contributed by atoms with van der Waals surface area (Å²) in [6.07, 6.45) is 1.87. The molecule has 1 aromatic carbocycles. The maximum Gasteiger partial charge on any atom is 0.134 e. The van der Waals surface area contributed by atoms with Crippen LogP contribution in [0.4, 0.5) is 4.39 Å². The molecule has 0 radical (unpaired) electrons. The Kier molecular flexibility index (Phi) is 2.64. The van der Waals surface area contributed by atoms with E-state index in [4.69, 9.17) is 10.2 Å². The van der Waals surface area contributed by atoms with E-state index < -0.39 is 6.04 Å². The number of aromatic nitrogens is 2. The third-order valence-electron chi connectivity index (χ3n) is 3.19. The maximum atomic E-state index is 13.2. The highest BCUT2D eigenvalue weighted by molar-refractivity contribution is 5.78. The van der Waals surface area contributed by atoms with E-state index in [-0.39, 0.29) is 5.82 Å². The van der Waals surface area contributed by atoms with Crippen molar-refractivity contribution in [3.63, 3.8) is 0 Å². The Balaban J connectivity index is 2.06. The topological polar surface area (TPSA) is 57.0 Å². The second kappa shape index (κ2) is 4.20. The van der Waals surface area contributed by atoms with Crippen LogP contribution in [0.25, 0.3) is 11.0 Å². The average Bonchev–Trinajstić information content (AvgIpc) is 2.91. The van der Waals surface area contributed by atoms with Gasteiger partial charge in [-0.2, -0.15) is 5.10 Å². The van der Waals surface area contributed by atoms with Crippen LogP contribution >= 0.6 is 0 Å². The molecule has 1 atom stereocenters. The van der Waals surface area contributed by atoms with Gasteiger partial charge in [-0.1, -0.05) is 0 Å². The number of nitrogens with two attached hydrogens (primary N) is 1. The molecule has 1 unspecified atom stereocenters. The number of hydrogen-bond acceptors (Lipinski definition) is 3. The molecule has 0 amide bonds. The van der Waals surface area contributed by atoms with Crippen molar-refractivity contribution in [1.82, 2.24) is 9.78 Å². The number of halogens is 1. The molecule has 2 N–H and O–H groups in total. The number of nitrogens with zero attached hydrogens (tertiary/aromatic N) is 2. The Morgan fingerprint density at radius 1 is 1.37 bits per heavy atom. The molecule has 19 heavy (non-hydrogen) atoms. The van der Waals surface area contributed by atoms with Gasteiger partial charge < -0.3 is 10.2 Å². The first-order valence-corrected chi connectivity index (χ1v) is 5.99. The van der Waals surface area contributed by atoms with E-state index in [9.17, 15) is 4.39 Å². The van der Waals surface area contributed by atoms with E-state index >= 15 is 0 Å². The molecule has 0 aliphatic carbocycles. The fourth-order valence-corrected chi connectivity index (χ4v) is 2.26. The van der Waals surface area contributed by atoms with Gasteiger partial charge >= 0.3 is 0 Å². The lowest BCUT2D eigenvalue weighted by Crippen LogP contribution is -2.11. The number of rotatable bonds is 2. The van der Waals surface area contributed by atoms with Crippen LogP contribution in [-0.4, -0.2) is 9.78 Å². The average molecular weight is 259 g/mol. The minimum absolute atomic E-state index is 0.286. The number of aryl methyl sites for hydroxylation is 2. The minimum Gasteiger partial charge on any atom is -0.459 e. The minimum atomic E-state index is -0.399. The van der Waals surface area contributed by atoms with Crippen molar-refractivity contribution in [2.24, 2.45) is 12.8 Å². The van der Waals surface area contributed by atoms with Crippen molar-refractivity contribution < 1.29 is 8.81 Å². The van der Waals surface area contributed by atoms with E-state index in [0.717, 1.165) is 11.3 Å². The van der Waals surface area contributed by atoms with E-state index in [1.165, 1.54) is 12.1 Å². The van der Waals surface area contributed by atoms with Gasteiger partial charge in [0.05, 0.1) is 11.7 Å². The van der Waals surface area contributed by atoms with Crippen LogP contribution in [-0.2, 0) is 7.05 Å². The zero-order chi connectivity index (χ0) is 13.6. The molecule has 3 rings (SSSR count). The van der Waals surface area contributed by atoms with Crippen LogP contribution in [0, 0.1) is 12.7 Å². The number of furan rings is 1. The lowest BCUT2D eigenvalue weighted by atomic mass is 10.1. The van der Waals surface area contributed by atoms with Gasteiger partial charge in [0.2, 0.25) is 0 Å². The third-order valence-corrected chi connectivity index (χ3v) is 3.19. The van der Waals surface area contributed by atoms with Crippen molar-refractivity contribution in [3.05, 3.63) is 53.3 Å². The molecule has 0 aliphatic heterocycles. The van der Waals surface area contributed by atoms with Gasteiger partial charge in [0.15, 0.2) is 0 Å². The van der Waals surface area contributed by atoms with Crippen LogP contribution in [0.3, 0.4) is 0 Å². The molecule has 2 heterocycles. The zero-order valence-electron chi connectivity index (χ0n) is 10.7. The number of fused-ring (bicyclic) bond motifs is 1. The van der Waals surface area contributed by atoms with E-state index in [2.05, 4.69) is 5.10 Å². The summed E-state index contributed by atoms with van der Waals surface area (Å²) in [6, 6.07) is 5.79. The summed E-state index contributed by atoms with van der Waals surface area (Å²) in [5.41, 5.74) is 8.59. The van der Waals surface area contributed by atoms with Gasteiger partial charge in [-0.25, -0.2) is 4.39 Å². The molecule has 0 spiro atoms. The largest absolute Gasteiger partial charge is 0.459 e. The highest BCUT2D eigenvalue weighted by Crippen LogP contribution is 2.28. The Morgan fingerprint density at radius 3 is 2.84 bits per heavy atom. The molecule has 5 heteroatoms. The summed E-state index contributed by atoms with van der Waals surface area (Å²) in [5.74, 6) is 0.322. The van der Waals surface area contributed by atoms with E-state index in [1.807, 2.05) is 20.2 Å². The monoisotopic (exact) mass is 259 g/mol. The maximum absolute atomic E-state index is 13.2. The highest BCUT2D eigenvalue weighted by atomic mass is 19.1. The summed E-state index contributed by atoms with van der Waals surface area (Å²) >= 11 is 0. The van der Waals surface area contributed by atoms with Crippen LogP contribution in [0.2, 0.25) is 0 Å². The van der Waals surface area contributed by atoms with E-state index in [1.54, 1.807) is 16.8 Å². The fraction of sp³-hybridized carbons (Fsp3) is 0.214. The third kappa shape index (κ3) is 2.02. The van der Waals surface area contributed by atoms with Crippen molar-refractivity contribution in [2.45, 2.75) is 13.0 Å². The van der Waals surface area contributed by atoms with Crippen LogP contribution in [0.15, 0.2) is 34.9 Å². The summed E-state index contributed by atoms with van der Waals surface area (Å²) in [4.78, 5) is 0. The first-order valence-electron chi connectivity index (χ1n) is 5.99. The van der Waals surface area contributed by atoms with Crippen molar-refractivity contribution in [1.29, 1.82) is 0 Å². The second-order valence-corrected chi connectivity index (χ2v) is 4.65. The van der Waals surface area contributed by atoms with Crippen molar-refractivity contribution >= 4 is 11.0 Å². The Hall–Kier alpha value is -2.14. The van der Waals surface area contributed by atoms with Gasteiger partial charge in [-0.15, -0.1) is 0 Å². The quantitative estimate of drug-likeness (QED) is 0.769. The van der Waals surface area contributed by atoms with Gasteiger partial charge in [0, 0.05) is 24.2 Å². The second-order valence-electron chi connectivity index (χ2n) is 4.65. The van der Waals surface area contributed by atoms with Crippen LogP contribution in [0.1, 0.15) is 23.1 Å². The van der Waals surface area contributed by atoms with Gasteiger partial charge in [-0.3, -0.25) is 4.68 Å². The predicted molar refractivity (Wildman–Crippen MR) is 70.1 cm³/mol. The van der Waals surface area contributed by atoms with Crippen LogP contribution in [0.5, 0.6) is 0 Å². The smallest absolute Gasteiger partial charge is 0.134 e. The summed E-state index contributed by atoms with van der Waals surface area (Å²) in [5, 5.41) is 4.98. The molecule has 98 valence electrons. The molecule has 3 aromatic rings. The molecule has 0 aliphatic rings. The van der Waals surface area contributed by atoms with Gasteiger partial charge in [0.25, 0.3) is 0 Å². The normalized spacial score (nSPS) is 13.1. The Morgan fingerprint density at radius 2 is 2.16 bits per heavy atom. The van der Waals surface area contributed by atoms with Crippen molar-refractivity contribution in [3.8, 4) is 0 Å². The first kappa shape index (κ1) is 11.9. The van der Waals surface area contributed by atoms with Gasteiger partial charge in [-0.05, 0) is 31.2 Å². The van der Waals surface area contributed by atoms with Crippen molar-refractivity contribution in [2.75, 3.05) is 0 Å². The molecular weight excluding hydrogens is 245 g/mol. The number of benzene rings is 1. The van der Waals surface area contributed by atoms with Crippen LogP contribution < -0.4 is 5.73 Å². The number of hydrogen-bond donors (Lipinski definition) is 1. The summed E-state index contributed by atoms with van der Waals surface area (Å²) < 4.78 is 20.5. The summed E-state index contributed by atoms with van der Waals surface area (Å²) in [6.45, 7) is 1.90. The van der Waals surface area contributed by atoms with E-state index in [0.29, 0.717) is 16.7 Å². The first-order chi connectivity index (χ1) is 9.04. The lowest BCUT2D eigenvalue weighted by Gasteiger charge is -2.06. The molecule has 4 nitrogen and oxygen atoms in total. The fourth-order valence-electron chi connectivity index (χ4n) is 2.26. The predicted octanol–water partition coefficient (Wildman–Crippen LogP) is 2.66. The lowest BCUT2D eigenvalue weighted by molar-refractivity contribution is 0.523. The molecule has 0 saturated heterocycles. The summed E-state index contributed by atoms with van der Waals surface area (Å²) in [7, 11) is 1.84. The SMILES string of the molecule is Cc1nn(C)cc1C(N)c1cc2cc(F)ccc2o1. The molecule has 2 aromatic heterocycles. The standard InChI is InChI=1S/C14H14FN3O/c1-8-11(7-18(2)17-8)14(16)13-6-9-5-10(15)3-4-12(9)19-13/h3-7,14H,16H2,1-2H3. The molecular formula is C14H14FN3O. The molecule has 0 bridgehead atoms. The highest BCUT2D eigenvalue weighted by Gasteiger charge is 2.18. The van der Waals surface area contributed by atoms with Gasteiger partial charge in [0.1, 0.15) is 17.2 Å².